The highest BCUT2D eigenvalue weighted by Gasteiger charge is 2.31. The van der Waals surface area contributed by atoms with E-state index in [1.54, 1.807) is 17.7 Å². The number of nitrogens with zero attached hydrogens (tertiary/aromatic N) is 3. The lowest BCUT2D eigenvalue weighted by Crippen LogP contribution is -2.41. The lowest BCUT2D eigenvalue weighted by molar-refractivity contribution is 0.107. The number of benzene rings is 2. The van der Waals surface area contributed by atoms with Gasteiger partial charge < -0.3 is 9.64 Å². The molecule has 1 fully saturated rings. The molecule has 2 aliphatic heterocycles. The van der Waals surface area contributed by atoms with Crippen molar-refractivity contribution in [1.82, 2.24) is 9.55 Å². The van der Waals surface area contributed by atoms with Crippen LogP contribution in [0.3, 0.4) is 0 Å². The van der Waals surface area contributed by atoms with E-state index >= 15 is 4.39 Å². The van der Waals surface area contributed by atoms with Crippen LogP contribution in [0.4, 0.5) is 14.6 Å². The van der Waals surface area contributed by atoms with E-state index in [9.17, 15) is 9.18 Å². The molecule has 5 rings (SSSR count). The van der Waals surface area contributed by atoms with Crippen LogP contribution in [-0.4, -0.2) is 41.6 Å². The third-order valence-electron chi connectivity index (χ3n) is 6.73. The van der Waals surface area contributed by atoms with Gasteiger partial charge in [0.25, 0.3) is 0 Å². The Bertz CT molecular complexity index is 1370. The van der Waals surface area contributed by atoms with Crippen LogP contribution in [0.1, 0.15) is 20.3 Å². The maximum Gasteiger partial charge on any atom is 0.350 e. The number of ether oxygens (including phenoxy) is 1. The van der Waals surface area contributed by atoms with Gasteiger partial charge in [-0.15, -0.1) is 11.8 Å². The number of aromatic nitrogens is 2. The van der Waals surface area contributed by atoms with E-state index in [0.717, 1.165) is 31.0 Å². The zero-order valence-corrected chi connectivity index (χ0v) is 21.9. The minimum Gasteiger partial charge on any atom is -0.379 e. The van der Waals surface area contributed by atoms with Crippen LogP contribution in [0.2, 0.25) is 10.0 Å². The monoisotopic (exact) mass is 539 g/mol. The smallest absolute Gasteiger partial charge is 0.350 e. The van der Waals surface area contributed by atoms with Gasteiger partial charge in [0, 0.05) is 53.4 Å². The van der Waals surface area contributed by atoms with E-state index in [1.165, 1.54) is 17.8 Å². The largest absolute Gasteiger partial charge is 0.379 e. The fourth-order valence-electron chi connectivity index (χ4n) is 5.29. The van der Waals surface area contributed by atoms with E-state index < -0.39 is 17.3 Å². The van der Waals surface area contributed by atoms with Crippen molar-refractivity contribution < 1.29 is 13.5 Å². The van der Waals surface area contributed by atoms with Crippen molar-refractivity contribution in [3.63, 3.8) is 0 Å². The van der Waals surface area contributed by atoms with Gasteiger partial charge in [0.2, 0.25) is 0 Å². The summed E-state index contributed by atoms with van der Waals surface area (Å²) in [6.07, 6.45) is 0.849. The number of methoxy groups -OCH3 is 1. The second-order valence-electron chi connectivity index (χ2n) is 9.55. The SMILES string of the molecule is CO[C@H]1CSc2c(-c3cc(Cl)c(F)cc3F)c(Cl)cc3c(N4C[C@H](C)C[C@H](C)C4)nc(=O)n(c23)C1. The molecule has 2 aliphatic rings. The molecule has 3 heterocycles. The summed E-state index contributed by atoms with van der Waals surface area (Å²) in [6.45, 7) is 6.24. The number of hydrogen-bond donors (Lipinski definition) is 0. The molecular weight excluding hydrogens is 515 g/mol. The Morgan fingerprint density at radius 2 is 1.77 bits per heavy atom. The van der Waals surface area contributed by atoms with Crippen molar-refractivity contribution in [2.45, 2.75) is 37.8 Å². The third kappa shape index (κ3) is 4.43. The molecule has 0 N–H and O–H groups in total. The first-order valence-electron chi connectivity index (χ1n) is 11.5. The highest BCUT2D eigenvalue weighted by atomic mass is 35.5. The molecule has 1 saturated heterocycles. The molecule has 0 saturated carbocycles. The molecule has 0 unspecified atom stereocenters. The summed E-state index contributed by atoms with van der Waals surface area (Å²) in [5.41, 5.74) is 0.704. The number of thioether (sulfide) groups is 1. The zero-order valence-electron chi connectivity index (χ0n) is 19.6. The topological polar surface area (TPSA) is 47.4 Å². The molecule has 0 amide bonds. The minimum atomic E-state index is -0.848. The molecule has 186 valence electrons. The second-order valence-corrected chi connectivity index (χ2v) is 11.4. The van der Waals surface area contributed by atoms with Crippen LogP contribution in [0, 0.1) is 23.5 Å². The Balaban J connectivity index is 1.84. The van der Waals surface area contributed by atoms with Gasteiger partial charge in [-0.2, -0.15) is 4.98 Å². The number of piperidine rings is 1. The summed E-state index contributed by atoms with van der Waals surface area (Å²) in [7, 11) is 1.59. The van der Waals surface area contributed by atoms with Gasteiger partial charge >= 0.3 is 5.69 Å². The maximum atomic E-state index is 15.0. The van der Waals surface area contributed by atoms with Crippen LogP contribution in [-0.2, 0) is 11.3 Å². The highest BCUT2D eigenvalue weighted by Crippen LogP contribution is 2.47. The van der Waals surface area contributed by atoms with Crippen LogP contribution in [0.15, 0.2) is 27.9 Å². The van der Waals surface area contributed by atoms with Crippen LogP contribution in [0.25, 0.3) is 22.0 Å². The minimum absolute atomic E-state index is 0.0826. The standard InChI is InChI=1S/C25H25Cl2F2N3O2S/c1-12-4-13(2)9-31(8-12)24-16-6-18(27)21(15-5-17(26)20(29)7-19(15)28)23-22(16)32(25(33)30-24)10-14(34-3)11-35-23/h5-7,12-14H,4,8-11H2,1-3H3/t12-,13+,14-/m1/s1. The van der Waals surface area contributed by atoms with Gasteiger partial charge in [-0.05, 0) is 30.4 Å². The average molecular weight is 540 g/mol. The molecular formula is C25H25Cl2F2N3O2S. The quantitative estimate of drug-likeness (QED) is 0.368. The normalized spacial score (nSPS) is 22.5. The maximum absolute atomic E-state index is 15.0. The number of rotatable bonds is 3. The molecule has 2 aromatic carbocycles. The fraction of sp³-hybridized carbons (Fsp3) is 0.440. The van der Waals surface area contributed by atoms with Crippen molar-refractivity contribution in [3.8, 4) is 11.1 Å². The van der Waals surface area contributed by atoms with E-state index in [4.69, 9.17) is 27.9 Å². The van der Waals surface area contributed by atoms with Gasteiger partial charge in [0.1, 0.15) is 17.5 Å². The van der Waals surface area contributed by atoms with Crippen molar-refractivity contribution in [2.24, 2.45) is 11.8 Å². The number of anilines is 1. The molecule has 3 aromatic rings. The van der Waals surface area contributed by atoms with Crippen molar-refractivity contribution in [1.29, 1.82) is 0 Å². The third-order valence-corrected chi connectivity index (χ3v) is 8.54. The van der Waals surface area contributed by atoms with Crippen LogP contribution < -0.4 is 10.6 Å². The van der Waals surface area contributed by atoms with E-state index in [0.29, 0.717) is 45.9 Å². The van der Waals surface area contributed by atoms with E-state index in [-0.39, 0.29) is 21.7 Å². The van der Waals surface area contributed by atoms with Crippen molar-refractivity contribution >= 4 is 51.7 Å². The van der Waals surface area contributed by atoms with E-state index in [2.05, 4.69) is 23.7 Å². The summed E-state index contributed by atoms with van der Waals surface area (Å²) in [5, 5.41) is 0.804. The van der Waals surface area contributed by atoms with Crippen LogP contribution >= 0.6 is 35.0 Å². The Hall–Kier alpha value is -1.87. The van der Waals surface area contributed by atoms with Crippen LogP contribution in [0.5, 0.6) is 0 Å². The molecule has 5 nitrogen and oxygen atoms in total. The zero-order chi connectivity index (χ0) is 25.0. The predicted octanol–water partition coefficient (Wildman–Crippen LogP) is 6.25. The summed E-state index contributed by atoms with van der Waals surface area (Å²) in [5.74, 6) is 0.377. The Morgan fingerprint density at radius 1 is 1.06 bits per heavy atom. The van der Waals surface area contributed by atoms with Gasteiger partial charge in [-0.3, -0.25) is 4.57 Å². The molecule has 0 aliphatic carbocycles. The Labute approximate surface area is 216 Å². The first kappa shape index (κ1) is 24.8. The Kier molecular flexibility index (Phi) is 6.76. The van der Waals surface area contributed by atoms with Gasteiger partial charge in [0.15, 0.2) is 0 Å². The van der Waals surface area contributed by atoms with Crippen molar-refractivity contribution in [3.05, 3.63) is 50.4 Å². The molecule has 0 spiro atoms. The predicted molar refractivity (Wildman–Crippen MR) is 138 cm³/mol. The van der Waals surface area contributed by atoms with E-state index in [1.807, 2.05) is 0 Å². The summed E-state index contributed by atoms with van der Waals surface area (Å²) < 4.78 is 36.2. The van der Waals surface area contributed by atoms with Gasteiger partial charge in [-0.25, -0.2) is 13.6 Å². The lowest BCUT2D eigenvalue weighted by atomic mass is 9.91. The summed E-state index contributed by atoms with van der Waals surface area (Å²) in [4.78, 5) is 20.7. The second kappa shape index (κ2) is 9.54. The van der Waals surface area contributed by atoms with Gasteiger partial charge in [0.05, 0.1) is 28.2 Å². The first-order chi connectivity index (χ1) is 16.7. The molecule has 0 radical (unpaired) electrons. The Morgan fingerprint density at radius 3 is 2.46 bits per heavy atom. The average Bonchev–Trinajstić information content (AvgIpc) is 2.99. The molecule has 1 aromatic heterocycles. The number of hydrogen-bond acceptors (Lipinski definition) is 5. The van der Waals surface area contributed by atoms with Gasteiger partial charge in [-0.1, -0.05) is 37.0 Å². The first-order valence-corrected chi connectivity index (χ1v) is 13.2. The molecule has 0 bridgehead atoms. The molecule has 10 heteroatoms. The summed E-state index contributed by atoms with van der Waals surface area (Å²) in [6, 6.07) is 3.74. The lowest BCUT2D eigenvalue weighted by Gasteiger charge is -2.36. The fourth-order valence-corrected chi connectivity index (χ4v) is 7.13. The molecule has 3 atom stereocenters. The van der Waals surface area contributed by atoms with Crippen molar-refractivity contribution in [2.75, 3.05) is 30.9 Å². The highest BCUT2D eigenvalue weighted by molar-refractivity contribution is 7.99. The number of halogens is 4. The molecule has 35 heavy (non-hydrogen) atoms. The summed E-state index contributed by atoms with van der Waals surface area (Å²) >= 11 is 14.3.